The van der Waals surface area contributed by atoms with Crippen molar-refractivity contribution in [3.63, 3.8) is 0 Å². The van der Waals surface area contributed by atoms with Crippen LogP contribution in [0.1, 0.15) is 12.0 Å². The lowest BCUT2D eigenvalue weighted by atomic mass is 10.1. The number of fused-ring (bicyclic) bond motifs is 7. The molecule has 0 saturated carbocycles. The van der Waals surface area contributed by atoms with Crippen LogP contribution in [0.5, 0.6) is 5.75 Å². The molecule has 6 bridgehead atoms. The highest BCUT2D eigenvalue weighted by atomic mass is 32.2. The summed E-state index contributed by atoms with van der Waals surface area (Å²) in [4.78, 5) is 20.6. The summed E-state index contributed by atoms with van der Waals surface area (Å²) in [5.41, 5.74) is 3.66. The van der Waals surface area contributed by atoms with Crippen LogP contribution in [0, 0.1) is 0 Å². The Morgan fingerprint density at radius 1 is 1.00 bits per heavy atom. The third-order valence-corrected chi connectivity index (χ3v) is 7.50. The zero-order chi connectivity index (χ0) is 29.4. The Morgan fingerprint density at radius 2 is 1.86 bits per heavy atom. The Bertz CT molecular complexity index is 1720. The zero-order valence-electron chi connectivity index (χ0n) is 22.6. The summed E-state index contributed by atoms with van der Waals surface area (Å²) >= 11 is 0. The largest absolute Gasteiger partial charge is 0.493 e. The van der Waals surface area contributed by atoms with E-state index in [1.807, 2.05) is 48.6 Å². The molecule has 1 amide bonds. The van der Waals surface area contributed by atoms with Gasteiger partial charge in [0.15, 0.2) is 0 Å². The van der Waals surface area contributed by atoms with Crippen LogP contribution in [-0.4, -0.2) is 37.5 Å². The number of nitrogens with one attached hydrogen (secondary N) is 3. The first-order valence-corrected chi connectivity index (χ1v) is 14.6. The first kappa shape index (κ1) is 28.5. The van der Waals surface area contributed by atoms with Gasteiger partial charge < -0.3 is 20.1 Å². The van der Waals surface area contributed by atoms with E-state index in [2.05, 4.69) is 31.9 Å². The maximum atomic E-state index is 13.2. The summed E-state index contributed by atoms with van der Waals surface area (Å²) < 4.78 is 40.8. The fourth-order valence-electron chi connectivity index (χ4n) is 4.16. The van der Waals surface area contributed by atoms with Gasteiger partial charge in [0, 0.05) is 23.1 Å². The van der Waals surface area contributed by atoms with Gasteiger partial charge in [-0.1, -0.05) is 30.9 Å². The number of aromatic nitrogens is 2. The molecule has 1 aromatic heterocycles. The van der Waals surface area contributed by atoms with E-state index in [0.29, 0.717) is 41.9 Å². The average molecular weight is 584 g/mol. The third-order valence-electron chi connectivity index (χ3n) is 6.11. The highest BCUT2D eigenvalue weighted by Gasteiger charge is 2.16. The normalized spacial score (nSPS) is 14.2. The molecule has 0 aliphatic carbocycles. The van der Waals surface area contributed by atoms with Crippen molar-refractivity contribution in [2.24, 2.45) is 0 Å². The summed E-state index contributed by atoms with van der Waals surface area (Å²) in [5, 5.41) is 5.78. The molecule has 2 heterocycles. The second-order valence-corrected chi connectivity index (χ2v) is 11.0. The van der Waals surface area contributed by atoms with E-state index in [-0.39, 0.29) is 11.5 Å². The van der Waals surface area contributed by atoms with Crippen molar-refractivity contribution in [2.75, 3.05) is 28.6 Å². The minimum atomic E-state index is -3.95. The van der Waals surface area contributed by atoms with E-state index < -0.39 is 15.9 Å². The predicted octanol–water partition coefficient (Wildman–Crippen LogP) is 5.67. The lowest BCUT2D eigenvalue weighted by molar-refractivity contribution is -0.111. The number of anilines is 4. The van der Waals surface area contributed by atoms with Gasteiger partial charge in [0.1, 0.15) is 5.75 Å². The number of amides is 1. The van der Waals surface area contributed by atoms with Crippen molar-refractivity contribution < 1.29 is 22.7 Å². The first-order valence-electron chi connectivity index (χ1n) is 13.1. The second-order valence-electron chi connectivity index (χ2n) is 9.28. The smallest absolute Gasteiger partial charge is 0.261 e. The van der Waals surface area contributed by atoms with Crippen molar-refractivity contribution in [3.8, 4) is 17.0 Å². The topological polar surface area (TPSA) is 132 Å². The lowest BCUT2D eigenvalue weighted by Gasteiger charge is -2.14. The van der Waals surface area contributed by atoms with Gasteiger partial charge in [0.05, 0.1) is 36.1 Å². The molecule has 42 heavy (non-hydrogen) atoms. The standard InChI is InChI=1S/C31H29N5O5S/c1-2-30(37)33-24-9-11-28(12-10-24)42(38,39)36-26-18-22-17-25(20-26)34-31-32-14-13-29(35-31)23-7-6-8-27(19-23)41-16-5-3-4-15-40-21-22/h2-4,6-14,17-20,36H,1,5,15-16,21H2,(H,33,37)(H,32,34,35)/b4-3+. The highest BCUT2D eigenvalue weighted by Crippen LogP contribution is 2.27. The number of carbonyl (C=O) groups is 1. The molecule has 4 aromatic rings. The van der Waals surface area contributed by atoms with Crippen LogP contribution in [0.3, 0.4) is 0 Å². The molecular weight excluding hydrogens is 554 g/mol. The van der Waals surface area contributed by atoms with Gasteiger partial charge in [-0.25, -0.2) is 18.4 Å². The molecule has 214 valence electrons. The van der Waals surface area contributed by atoms with E-state index >= 15 is 0 Å². The number of hydrogen-bond donors (Lipinski definition) is 3. The van der Waals surface area contributed by atoms with Crippen molar-refractivity contribution >= 4 is 38.9 Å². The Hall–Kier alpha value is -5.00. The summed E-state index contributed by atoms with van der Waals surface area (Å²) in [7, 11) is -3.95. The molecule has 3 N–H and O–H groups in total. The molecule has 0 unspecified atom stereocenters. The van der Waals surface area contributed by atoms with Crippen molar-refractivity contribution in [1.82, 2.24) is 9.97 Å². The van der Waals surface area contributed by atoms with Gasteiger partial charge >= 0.3 is 0 Å². The van der Waals surface area contributed by atoms with E-state index in [4.69, 9.17) is 9.47 Å². The van der Waals surface area contributed by atoms with Crippen LogP contribution in [0.15, 0.2) is 109 Å². The molecule has 10 nitrogen and oxygen atoms in total. The molecule has 0 saturated heterocycles. The van der Waals surface area contributed by atoms with Crippen molar-refractivity contribution in [1.29, 1.82) is 0 Å². The Morgan fingerprint density at radius 3 is 2.69 bits per heavy atom. The Balaban J connectivity index is 1.44. The van der Waals surface area contributed by atoms with Gasteiger partial charge in [-0.2, -0.15) is 0 Å². The molecule has 5 rings (SSSR count). The molecular formula is C31H29N5O5S. The monoisotopic (exact) mass is 583 g/mol. The van der Waals surface area contributed by atoms with Gasteiger partial charge in [-0.05, 0) is 78.7 Å². The maximum Gasteiger partial charge on any atom is 0.261 e. The van der Waals surface area contributed by atoms with Crippen LogP contribution in [0.25, 0.3) is 11.3 Å². The fourth-order valence-corrected chi connectivity index (χ4v) is 5.20. The van der Waals surface area contributed by atoms with Gasteiger partial charge in [-0.3, -0.25) is 9.52 Å². The molecule has 0 spiro atoms. The maximum absolute atomic E-state index is 13.2. The number of sulfonamides is 1. The molecule has 0 atom stereocenters. The van der Waals surface area contributed by atoms with E-state index in [1.165, 1.54) is 24.3 Å². The Labute approximate surface area is 244 Å². The van der Waals surface area contributed by atoms with Crippen LogP contribution < -0.4 is 20.1 Å². The highest BCUT2D eigenvalue weighted by molar-refractivity contribution is 7.92. The summed E-state index contributed by atoms with van der Waals surface area (Å²) in [6, 6.07) is 20.5. The first-order chi connectivity index (χ1) is 20.4. The molecule has 0 fully saturated rings. The van der Waals surface area contributed by atoms with E-state index in [0.717, 1.165) is 29.4 Å². The number of hydrogen-bond acceptors (Lipinski definition) is 8. The second kappa shape index (κ2) is 13.1. The van der Waals surface area contributed by atoms with Crippen molar-refractivity contribution in [3.05, 3.63) is 109 Å². The number of rotatable bonds is 5. The fraction of sp³-hybridized carbons (Fsp3) is 0.129. The van der Waals surface area contributed by atoms with E-state index in [9.17, 15) is 13.2 Å². The van der Waals surface area contributed by atoms with Gasteiger partial charge in [-0.15, -0.1) is 0 Å². The number of carbonyl (C=O) groups excluding carboxylic acids is 1. The minimum absolute atomic E-state index is 0.0316. The van der Waals surface area contributed by atoms with Gasteiger partial charge in [0.2, 0.25) is 11.9 Å². The van der Waals surface area contributed by atoms with Crippen LogP contribution >= 0.6 is 0 Å². The summed E-state index contributed by atoms with van der Waals surface area (Å²) in [5.74, 6) is 0.692. The predicted molar refractivity (Wildman–Crippen MR) is 162 cm³/mol. The summed E-state index contributed by atoms with van der Waals surface area (Å²) in [6.07, 6.45) is 7.43. The lowest BCUT2D eigenvalue weighted by Crippen LogP contribution is -2.14. The molecule has 11 heteroatoms. The zero-order valence-corrected chi connectivity index (χ0v) is 23.4. The van der Waals surface area contributed by atoms with Crippen LogP contribution in [0.4, 0.5) is 23.0 Å². The van der Waals surface area contributed by atoms with Gasteiger partial charge in [0.25, 0.3) is 10.0 Å². The third kappa shape index (κ3) is 7.59. The molecule has 3 aromatic carbocycles. The van der Waals surface area contributed by atoms with E-state index in [1.54, 1.807) is 18.3 Å². The SMILES string of the molecule is C=CC(=O)Nc1ccc(S(=O)(=O)Nc2cc3cc(c2)Nc2nccc(n2)-c2cccc(c2)OCC/C=C/COC3)cc1. The Kier molecular flexibility index (Phi) is 8.90. The van der Waals surface area contributed by atoms with Crippen LogP contribution in [-0.2, 0) is 26.2 Å². The summed E-state index contributed by atoms with van der Waals surface area (Å²) in [6.45, 7) is 4.56. The number of benzene rings is 3. The molecule has 1 aliphatic heterocycles. The number of ether oxygens (including phenoxy) is 2. The van der Waals surface area contributed by atoms with Crippen LogP contribution in [0.2, 0.25) is 0 Å². The quantitative estimate of drug-likeness (QED) is 0.202. The molecule has 0 radical (unpaired) electrons. The van der Waals surface area contributed by atoms with Crippen molar-refractivity contribution in [2.45, 2.75) is 17.9 Å². The average Bonchev–Trinajstić information content (AvgIpc) is 2.98. The minimum Gasteiger partial charge on any atom is -0.493 e. The molecule has 1 aliphatic rings. The number of nitrogens with zero attached hydrogens (tertiary/aromatic N) is 2.